The molecular weight excluding hydrogens is 330 g/mol. The van der Waals surface area contributed by atoms with E-state index in [0.29, 0.717) is 12.5 Å². The maximum Gasteiger partial charge on any atom is 0.214 e. The molecule has 0 amide bonds. The first kappa shape index (κ1) is 15.8. The third kappa shape index (κ3) is 3.25. The lowest BCUT2D eigenvalue weighted by molar-refractivity contribution is 0.866. The van der Waals surface area contributed by atoms with Crippen molar-refractivity contribution in [2.45, 2.75) is 26.3 Å². The minimum atomic E-state index is 0.530. The molecule has 0 bridgehead atoms. The normalized spacial score (nSPS) is 11.3. The third-order valence-electron chi connectivity index (χ3n) is 4.13. The molecule has 0 radical (unpaired) electrons. The van der Waals surface area contributed by atoms with Gasteiger partial charge in [0.2, 0.25) is 10.1 Å². The first-order chi connectivity index (χ1) is 12.2. The van der Waals surface area contributed by atoms with E-state index in [1.807, 2.05) is 29.0 Å². The second-order valence-corrected chi connectivity index (χ2v) is 7.19. The van der Waals surface area contributed by atoms with E-state index in [4.69, 9.17) is 0 Å². The maximum absolute atomic E-state index is 4.66. The van der Waals surface area contributed by atoms with Crippen LogP contribution in [0.4, 0.5) is 5.13 Å². The highest BCUT2D eigenvalue weighted by Gasteiger charge is 2.12. The number of aromatic nitrogens is 4. The average molecular weight is 349 g/mol. The fourth-order valence-electron chi connectivity index (χ4n) is 2.68. The van der Waals surface area contributed by atoms with Crippen molar-refractivity contribution < 1.29 is 0 Å². The molecule has 6 heteroatoms. The van der Waals surface area contributed by atoms with Gasteiger partial charge in [-0.05, 0) is 23.1 Å². The van der Waals surface area contributed by atoms with Crippen molar-refractivity contribution in [3.05, 3.63) is 66.1 Å². The lowest BCUT2D eigenvalue weighted by Crippen LogP contribution is -2.00. The summed E-state index contributed by atoms with van der Waals surface area (Å²) >= 11 is 1.55. The molecular formula is C19H19N5S. The zero-order valence-corrected chi connectivity index (χ0v) is 15.0. The largest absolute Gasteiger partial charge is 0.356 e. The van der Waals surface area contributed by atoms with Gasteiger partial charge < -0.3 is 5.32 Å². The van der Waals surface area contributed by atoms with Crippen molar-refractivity contribution in [1.82, 2.24) is 19.6 Å². The summed E-state index contributed by atoms with van der Waals surface area (Å²) in [5.41, 5.74) is 4.60. The highest BCUT2D eigenvalue weighted by Crippen LogP contribution is 2.27. The van der Waals surface area contributed by atoms with Crippen LogP contribution in [0.2, 0.25) is 0 Å². The molecule has 0 aliphatic heterocycles. The number of nitrogens with zero attached hydrogens (tertiary/aromatic N) is 4. The zero-order valence-electron chi connectivity index (χ0n) is 14.2. The SMILES string of the molecule is CC(C)c1ccc(-c2cnc3sc(NCc4cccnc4)nn23)cc1. The molecule has 25 heavy (non-hydrogen) atoms. The minimum Gasteiger partial charge on any atom is -0.356 e. The second-order valence-electron chi connectivity index (χ2n) is 6.24. The van der Waals surface area contributed by atoms with Crippen LogP contribution in [0.5, 0.6) is 0 Å². The van der Waals surface area contributed by atoms with Gasteiger partial charge in [0.25, 0.3) is 0 Å². The summed E-state index contributed by atoms with van der Waals surface area (Å²) < 4.78 is 1.90. The van der Waals surface area contributed by atoms with Gasteiger partial charge in [-0.2, -0.15) is 0 Å². The first-order valence-electron chi connectivity index (χ1n) is 8.28. The van der Waals surface area contributed by atoms with E-state index in [1.165, 1.54) is 5.56 Å². The van der Waals surface area contributed by atoms with Crippen LogP contribution >= 0.6 is 11.3 Å². The van der Waals surface area contributed by atoms with E-state index < -0.39 is 0 Å². The van der Waals surface area contributed by atoms with Crippen molar-refractivity contribution >= 4 is 21.4 Å². The molecule has 126 valence electrons. The van der Waals surface area contributed by atoms with Gasteiger partial charge >= 0.3 is 0 Å². The molecule has 3 aromatic heterocycles. The molecule has 0 saturated heterocycles. The number of hydrogen-bond donors (Lipinski definition) is 1. The third-order valence-corrected chi connectivity index (χ3v) is 5.01. The summed E-state index contributed by atoms with van der Waals surface area (Å²) in [6, 6.07) is 12.6. The van der Waals surface area contributed by atoms with Gasteiger partial charge in [-0.1, -0.05) is 55.5 Å². The van der Waals surface area contributed by atoms with Crippen molar-refractivity contribution in [2.24, 2.45) is 0 Å². The number of nitrogens with one attached hydrogen (secondary N) is 1. The lowest BCUT2D eigenvalue weighted by Gasteiger charge is -2.06. The lowest BCUT2D eigenvalue weighted by atomic mass is 10.0. The molecule has 5 nitrogen and oxygen atoms in total. The van der Waals surface area contributed by atoms with E-state index >= 15 is 0 Å². The van der Waals surface area contributed by atoms with Gasteiger partial charge in [-0.25, -0.2) is 9.50 Å². The number of rotatable bonds is 5. The molecule has 0 unspecified atom stereocenters. The van der Waals surface area contributed by atoms with Crippen LogP contribution in [0.15, 0.2) is 55.0 Å². The molecule has 1 aromatic carbocycles. The number of hydrogen-bond acceptors (Lipinski definition) is 5. The van der Waals surface area contributed by atoms with Crippen molar-refractivity contribution in [3.8, 4) is 11.3 Å². The van der Waals surface area contributed by atoms with E-state index in [2.05, 4.69) is 58.5 Å². The molecule has 0 fully saturated rings. The smallest absolute Gasteiger partial charge is 0.214 e. The Bertz CT molecular complexity index is 970. The van der Waals surface area contributed by atoms with Crippen LogP contribution in [-0.4, -0.2) is 19.6 Å². The van der Waals surface area contributed by atoms with Crippen LogP contribution < -0.4 is 5.32 Å². The summed E-state index contributed by atoms with van der Waals surface area (Å²) in [4.78, 5) is 9.51. The zero-order chi connectivity index (χ0) is 17.2. The van der Waals surface area contributed by atoms with Gasteiger partial charge in [0, 0.05) is 24.5 Å². The number of fused-ring (bicyclic) bond motifs is 1. The molecule has 0 aliphatic rings. The van der Waals surface area contributed by atoms with Crippen molar-refractivity contribution in [1.29, 1.82) is 0 Å². The summed E-state index contributed by atoms with van der Waals surface area (Å²) in [6.07, 6.45) is 5.51. The van der Waals surface area contributed by atoms with Crippen LogP contribution in [-0.2, 0) is 6.54 Å². The monoisotopic (exact) mass is 349 g/mol. The highest BCUT2D eigenvalue weighted by atomic mass is 32.1. The minimum absolute atomic E-state index is 0.530. The fourth-order valence-corrected chi connectivity index (χ4v) is 3.45. The van der Waals surface area contributed by atoms with E-state index in [-0.39, 0.29) is 0 Å². The molecule has 3 heterocycles. The Kier molecular flexibility index (Phi) is 4.19. The van der Waals surface area contributed by atoms with Crippen molar-refractivity contribution in [3.63, 3.8) is 0 Å². The summed E-state index contributed by atoms with van der Waals surface area (Å²) in [5.74, 6) is 0.530. The molecule has 0 atom stereocenters. The molecule has 0 spiro atoms. The number of benzene rings is 1. The molecule has 1 N–H and O–H groups in total. The summed E-state index contributed by atoms with van der Waals surface area (Å²) in [7, 11) is 0. The Labute approximate surface area is 150 Å². The van der Waals surface area contributed by atoms with E-state index in [0.717, 1.165) is 26.9 Å². The van der Waals surface area contributed by atoms with Gasteiger partial charge in [-0.15, -0.1) is 5.10 Å². The van der Waals surface area contributed by atoms with Crippen LogP contribution in [0.3, 0.4) is 0 Å². The topological polar surface area (TPSA) is 55.1 Å². The standard InChI is InChI=1S/C19H19N5S/c1-13(2)15-5-7-16(8-6-15)17-12-22-19-24(17)23-18(25-19)21-11-14-4-3-9-20-10-14/h3-10,12-13H,11H2,1-2H3,(H,21,23). The van der Waals surface area contributed by atoms with E-state index in [9.17, 15) is 0 Å². The Morgan fingerprint density at radius 3 is 2.68 bits per heavy atom. The van der Waals surface area contributed by atoms with Gasteiger partial charge in [0.1, 0.15) is 0 Å². The second kappa shape index (κ2) is 6.64. The maximum atomic E-state index is 4.66. The molecule has 4 rings (SSSR count). The number of pyridine rings is 1. The first-order valence-corrected chi connectivity index (χ1v) is 9.10. The van der Waals surface area contributed by atoms with Crippen LogP contribution in [0, 0.1) is 0 Å². The van der Waals surface area contributed by atoms with E-state index in [1.54, 1.807) is 17.5 Å². The Morgan fingerprint density at radius 2 is 1.96 bits per heavy atom. The number of imidazole rings is 1. The predicted molar refractivity (Wildman–Crippen MR) is 102 cm³/mol. The summed E-state index contributed by atoms with van der Waals surface area (Å²) in [6.45, 7) is 5.10. The average Bonchev–Trinajstić information content (AvgIpc) is 3.21. The summed E-state index contributed by atoms with van der Waals surface area (Å²) in [5, 5.41) is 8.86. The number of anilines is 1. The Hall–Kier alpha value is -2.73. The highest BCUT2D eigenvalue weighted by molar-refractivity contribution is 7.20. The molecule has 4 aromatic rings. The van der Waals surface area contributed by atoms with Crippen molar-refractivity contribution in [2.75, 3.05) is 5.32 Å². The quantitative estimate of drug-likeness (QED) is 0.572. The van der Waals surface area contributed by atoms with Crippen LogP contribution in [0.25, 0.3) is 16.2 Å². The molecule has 0 saturated carbocycles. The van der Waals surface area contributed by atoms with Crippen LogP contribution in [0.1, 0.15) is 30.9 Å². The molecule has 0 aliphatic carbocycles. The van der Waals surface area contributed by atoms with Gasteiger partial charge in [-0.3, -0.25) is 4.98 Å². The predicted octanol–water partition coefficient (Wildman–Crippen LogP) is 4.59. The van der Waals surface area contributed by atoms with Gasteiger partial charge in [0.15, 0.2) is 0 Å². The Morgan fingerprint density at radius 1 is 1.12 bits per heavy atom. The Balaban J connectivity index is 1.58. The fraction of sp³-hybridized carbons (Fsp3) is 0.211. The van der Waals surface area contributed by atoms with Gasteiger partial charge in [0.05, 0.1) is 11.9 Å².